The Morgan fingerprint density at radius 1 is 1.39 bits per heavy atom. The molecule has 0 aromatic carbocycles. The first-order valence-electron chi connectivity index (χ1n) is 6.98. The Morgan fingerprint density at radius 2 is 2.17 bits per heavy atom. The summed E-state index contributed by atoms with van der Waals surface area (Å²) in [7, 11) is 0. The molecule has 1 aliphatic rings. The fourth-order valence-corrected chi connectivity index (χ4v) is 2.03. The van der Waals surface area contributed by atoms with E-state index in [1.807, 2.05) is 4.90 Å². The minimum atomic E-state index is -0.00967. The van der Waals surface area contributed by atoms with Crippen molar-refractivity contribution in [1.82, 2.24) is 20.1 Å². The number of hydrogen-bond acceptors (Lipinski definition) is 3. The van der Waals surface area contributed by atoms with Gasteiger partial charge in [0.05, 0.1) is 0 Å². The minimum Gasteiger partial charge on any atom is -0.333 e. The van der Waals surface area contributed by atoms with E-state index in [0.717, 1.165) is 50.9 Å². The van der Waals surface area contributed by atoms with Gasteiger partial charge in [-0.25, -0.2) is 4.98 Å². The first-order valence-corrected chi connectivity index (χ1v) is 6.98. The van der Waals surface area contributed by atoms with Crippen LogP contribution in [0.15, 0.2) is 0 Å². The summed E-state index contributed by atoms with van der Waals surface area (Å²) >= 11 is 0. The van der Waals surface area contributed by atoms with Crippen molar-refractivity contribution in [3.63, 3.8) is 0 Å². The van der Waals surface area contributed by atoms with Crippen molar-refractivity contribution < 1.29 is 4.79 Å². The molecule has 5 nitrogen and oxygen atoms in total. The molecule has 1 amide bonds. The fraction of sp³-hybridized carbons (Fsp3) is 0.769. The van der Waals surface area contributed by atoms with Gasteiger partial charge in [0.15, 0.2) is 0 Å². The molecule has 1 aliphatic carbocycles. The van der Waals surface area contributed by atoms with E-state index in [9.17, 15) is 4.79 Å². The van der Waals surface area contributed by atoms with E-state index in [1.54, 1.807) is 0 Å². The monoisotopic (exact) mass is 250 g/mol. The van der Waals surface area contributed by atoms with Gasteiger partial charge in [0, 0.05) is 19.0 Å². The number of amides is 1. The quantitative estimate of drug-likeness (QED) is 0.806. The van der Waals surface area contributed by atoms with E-state index in [1.165, 1.54) is 0 Å². The van der Waals surface area contributed by atoms with Crippen LogP contribution in [0.1, 0.15) is 62.4 Å². The maximum atomic E-state index is 12.3. The summed E-state index contributed by atoms with van der Waals surface area (Å²) in [4.78, 5) is 18.6. The van der Waals surface area contributed by atoms with E-state index in [2.05, 4.69) is 29.0 Å². The van der Waals surface area contributed by atoms with Gasteiger partial charge in [-0.15, -0.1) is 5.10 Å². The molecule has 1 fully saturated rings. The predicted octanol–water partition coefficient (Wildman–Crippen LogP) is 2.16. The van der Waals surface area contributed by atoms with Crippen molar-refractivity contribution in [3.8, 4) is 0 Å². The van der Waals surface area contributed by atoms with Crippen LogP contribution < -0.4 is 0 Å². The molecule has 1 saturated carbocycles. The third-order valence-corrected chi connectivity index (χ3v) is 3.21. The summed E-state index contributed by atoms with van der Waals surface area (Å²) in [6.45, 7) is 5.06. The highest BCUT2D eigenvalue weighted by atomic mass is 16.2. The van der Waals surface area contributed by atoms with Crippen LogP contribution in [0.4, 0.5) is 0 Å². The van der Waals surface area contributed by atoms with Crippen LogP contribution in [0, 0.1) is 0 Å². The highest BCUT2D eigenvalue weighted by Gasteiger charge is 2.34. The van der Waals surface area contributed by atoms with Crippen LogP contribution in [0.25, 0.3) is 0 Å². The average Bonchev–Trinajstić information content (AvgIpc) is 3.09. The molecule has 0 spiro atoms. The molecule has 2 rings (SSSR count). The lowest BCUT2D eigenvalue weighted by Gasteiger charge is -2.20. The maximum Gasteiger partial charge on any atom is 0.293 e. The van der Waals surface area contributed by atoms with Gasteiger partial charge in [0.1, 0.15) is 5.82 Å². The van der Waals surface area contributed by atoms with Crippen molar-refractivity contribution in [3.05, 3.63) is 11.6 Å². The Hall–Kier alpha value is -1.39. The summed E-state index contributed by atoms with van der Waals surface area (Å²) in [5.41, 5.74) is 0. The standard InChI is InChI=1S/C13H22N4O/c1-3-5-9-17(10-7-8-10)13(18)12-14-11(6-4-2)15-16-12/h10H,3-9H2,1-2H3,(H,14,15,16). The van der Waals surface area contributed by atoms with E-state index in [4.69, 9.17) is 0 Å². The molecule has 0 saturated heterocycles. The second-order valence-electron chi connectivity index (χ2n) is 4.94. The Balaban J connectivity index is 2.01. The molecular formula is C13H22N4O. The van der Waals surface area contributed by atoms with Gasteiger partial charge in [0.25, 0.3) is 5.91 Å². The number of nitrogens with one attached hydrogen (secondary N) is 1. The molecule has 0 aliphatic heterocycles. The number of nitrogens with zero attached hydrogens (tertiary/aromatic N) is 3. The van der Waals surface area contributed by atoms with Gasteiger partial charge in [-0.2, -0.15) is 0 Å². The second-order valence-corrected chi connectivity index (χ2v) is 4.94. The number of aromatic amines is 1. The normalized spacial score (nSPS) is 14.8. The van der Waals surface area contributed by atoms with Gasteiger partial charge in [0.2, 0.25) is 5.82 Å². The zero-order valence-corrected chi connectivity index (χ0v) is 11.3. The Bertz CT molecular complexity index is 397. The second kappa shape index (κ2) is 5.98. The predicted molar refractivity (Wildman–Crippen MR) is 69.3 cm³/mol. The molecule has 0 radical (unpaired) electrons. The topological polar surface area (TPSA) is 61.9 Å². The van der Waals surface area contributed by atoms with Crippen LogP contribution in [0.2, 0.25) is 0 Å². The Labute approximate surface area is 108 Å². The molecule has 0 atom stereocenters. The third-order valence-electron chi connectivity index (χ3n) is 3.21. The van der Waals surface area contributed by atoms with Gasteiger partial charge >= 0.3 is 0 Å². The lowest BCUT2D eigenvalue weighted by Crippen LogP contribution is -2.34. The molecule has 0 bridgehead atoms. The van der Waals surface area contributed by atoms with Crippen LogP contribution >= 0.6 is 0 Å². The number of H-pyrrole nitrogens is 1. The summed E-state index contributed by atoms with van der Waals surface area (Å²) in [5, 5.41) is 6.90. The zero-order chi connectivity index (χ0) is 13.0. The number of unbranched alkanes of at least 4 members (excludes halogenated alkanes) is 1. The number of hydrogen-bond donors (Lipinski definition) is 1. The van der Waals surface area contributed by atoms with Gasteiger partial charge in [-0.1, -0.05) is 20.3 Å². The maximum absolute atomic E-state index is 12.3. The molecule has 1 aromatic rings. The Morgan fingerprint density at radius 3 is 2.78 bits per heavy atom. The van der Waals surface area contributed by atoms with Crippen molar-refractivity contribution >= 4 is 5.91 Å². The minimum absolute atomic E-state index is 0.00967. The number of carbonyl (C=O) groups excluding carboxylic acids is 1. The van der Waals surface area contributed by atoms with Gasteiger partial charge in [-0.3, -0.25) is 9.89 Å². The third kappa shape index (κ3) is 3.09. The van der Waals surface area contributed by atoms with Crippen molar-refractivity contribution in [2.24, 2.45) is 0 Å². The summed E-state index contributed by atoms with van der Waals surface area (Å²) in [5.74, 6) is 1.14. The summed E-state index contributed by atoms with van der Waals surface area (Å²) < 4.78 is 0. The van der Waals surface area contributed by atoms with Crippen LogP contribution in [-0.4, -0.2) is 38.6 Å². The molecule has 1 aromatic heterocycles. The van der Waals surface area contributed by atoms with E-state index in [0.29, 0.717) is 11.9 Å². The highest BCUT2D eigenvalue weighted by Crippen LogP contribution is 2.28. The molecular weight excluding hydrogens is 228 g/mol. The lowest BCUT2D eigenvalue weighted by atomic mass is 10.3. The summed E-state index contributed by atoms with van der Waals surface area (Å²) in [6, 6.07) is 0.428. The summed E-state index contributed by atoms with van der Waals surface area (Å²) in [6.07, 6.45) is 6.26. The number of carbonyl (C=O) groups is 1. The highest BCUT2D eigenvalue weighted by molar-refractivity contribution is 5.90. The largest absolute Gasteiger partial charge is 0.333 e. The van der Waals surface area contributed by atoms with Crippen molar-refractivity contribution in [1.29, 1.82) is 0 Å². The molecule has 18 heavy (non-hydrogen) atoms. The smallest absolute Gasteiger partial charge is 0.293 e. The molecule has 100 valence electrons. The molecule has 1 N–H and O–H groups in total. The molecule has 1 heterocycles. The number of rotatable bonds is 7. The first-order chi connectivity index (χ1) is 8.76. The molecule has 5 heteroatoms. The van der Waals surface area contributed by atoms with Gasteiger partial charge in [-0.05, 0) is 25.7 Å². The van der Waals surface area contributed by atoms with E-state index < -0.39 is 0 Å². The Kier molecular flexibility index (Phi) is 4.33. The van der Waals surface area contributed by atoms with E-state index >= 15 is 0 Å². The van der Waals surface area contributed by atoms with Gasteiger partial charge < -0.3 is 4.90 Å². The van der Waals surface area contributed by atoms with Crippen LogP contribution in [0.3, 0.4) is 0 Å². The van der Waals surface area contributed by atoms with Crippen molar-refractivity contribution in [2.75, 3.05) is 6.54 Å². The fourth-order valence-electron chi connectivity index (χ4n) is 2.03. The van der Waals surface area contributed by atoms with Crippen LogP contribution in [0.5, 0.6) is 0 Å². The SMILES string of the molecule is CCCCN(C(=O)c1n[nH]c(CCC)n1)C1CC1. The van der Waals surface area contributed by atoms with E-state index in [-0.39, 0.29) is 5.91 Å². The number of aromatic nitrogens is 3. The molecule has 0 unspecified atom stereocenters. The average molecular weight is 250 g/mol. The first kappa shape index (κ1) is 13.1. The van der Waals surface area contributed by atoms with Crippen LogP contribution in [-0.2, 0) is 6.42 Å². The zero-order valence-electron chi connectivity index (χ0n) is 11.3. The van der Waals surface area contributed by atoms with Crippen molar-refractivity contribution in [2.45, 2.75) is 58.4 Å². The lowest BCUT2D eigenvalue weighted by molar-refractivity contribution is 0.0728. The number of aryl methyl sites for hydroxylation is 1.